The van der Waals surface area contributed by atoms with Gasteiger partial charge >= 0.3 is 5.69 Å². The Morgan fingerprint density at radius 1 is 1.33 bits per heavy atom. The minimum Gasteiger partial charge on any atom is -0.370 e. The van der Waals surface area contributed by atoms with Crippen LogP contribution < -0.4 is 17.2 Å². The standard InChI is InChI=1S/C8H6N2O.CH5N3/c11-8-9-5-6-3-1-2-4-7(6)10-8;2-1(3)4/h1-5H,(H,9,10,11);(H5,2,3,4). The van der Waals surface area contributed by atoms with Crippen LogP contribution in [0.15, 0.2) is 35.3 Å². The zero-order valence-corrected chi connectivity index (χ0v) is 7.90. The Morgan fingerprint density at radius 2 is 1.93 bits per heavy atom. The largest absolute Gasteiger partial charge is 0.370 e. The second-order valence-electron chi connectivity index (χ2n) is 2.73. The van der Waals surface area contributed by atoms with Gasteiger partial charge in [-0.3, -0.25) is 5.41 Å². The summed E-state index contributed by atoms with van der Waals surface area (Å²) in [5, 5.41) is 7.01. The lowest BCUT2D eigenvalue weighted by Gasteiger charge is -1.92. The van der Waals surface area contributed by atoms with Crippen LogP contribution in [0.5, 0.6) is 0 Å². The molecule has 0 aliphatic heterocycles. The molecule has 0 unspecified atom stereocenters. The number of nitrogens with two attached hydrogens (primary N) is 2. The Kier molecular flexibility index (Phi) is 3.39. The number of H-pyrrole nitrogens is 1. The SMILES string of the molecule is N=C(N)N.O=c1ncc2ccccc2[nH]1. The number of para-hydroxylation sites is 1. The highest BCUT2D eigenvalue weighted by Crippen LogP contribution is 2.05. The second-order valence-corrected chi connectivity index (χ2v) is 2.73. The Balaban J connectivity index is 0.000000245. The summed E-state index contributed by atoms with van der Waals surface area (Å²) in [7, 11) is 0. The molecule has 1 aromatic heterocycles. The summed E-state index contributed by atoms with van der Waals surface area (Å²) in [6, 6.07) is 7.53. The Bertz CT molecular complexity index is 515. The van der Waals surface area contributed by atoms with E-state index in [0.717, 1.165) is 10.9 Å². The fraction of sp³-hybridized carbons (Fsp3) is 0. The molecule has 0 atom stereocenters. The molecule has 2 rings (SSSR count). The third kappa shape index (κ3) is 3.47. The average molecular weight is 205 g/mol. The van der Waals surface area contributed by atoms with Crippen molar-refractivity contribution in [3.8, 4) is 0 Å². The molecule has 0 saturated heterocycles. The van der Waals surface area contributed by atoms with Crippen LogP contribution in [-0.2, 0) is 0 Å². The van der Waals surface area contributed by atoms with Crippen LogP contribution in [-0.4, -0.2) is 15.9 Å². The lowest BCUT2D eigenvalue weighted by molar-refractivity contribution is 1.12. The molecule has 0 spiro atoms. The van der Waals surface area contributed by atoms with Gasteiger partial charge in [0.15, 0.2) is 5.96 Å². The van der Waals surface area contributed by atoms with Crippen molar-refractivity contribution >= 4 is 16.9 Å². The zero-order valence-electron chi connectivity index (χ0n) is 7.90. The highest BCUT2D eigenvalue weighted by Gasteiger charge is 1.90. The normalized spacial score (nSPS) is 9.07. The van der Waals surface area contributed by atoms with Crippen molar-refractivity contribution in [1.82, 2.24) is 9.97 Å². The Labute approximate surface area is 85.4 Å². The summed E-state index contributed by atoms with van der Waals surface area (Å²) >= 11 is 0. The summed E-state index contributed by atoms with van der Waals surface area (Å²) in [5.41, 5.74) is 9.47. The quantitative estimate of drug-likeness (QED) is 0.350. The third-order valence-corrected chi connectivity index (χ3v) is 1.52. The van der Waals surface area contributed by atoms with E-state index in [9.17, 15) is 4.79 Å². The van der Waals surface area contributed by atoms with E-state index in [2.05, 4.69) is 21.4 Å². The molecule has 0 aliphatic carbocycles. The summed E-state index contributed by atoms with van der Waals surface area (Å²) in [6.45, 7) is 0. The van der Waals surface area contributed by atoms with Crippen LogP contribution in [0.25, 0.3) is 10.9 Å². The maximum atomic E-state index is 10.7. The highest BCUT2D eigenvalue weighted by atomic mass is 16.1. The smallest absolute Gasteiger partial charge is 0.345 e. The van der Waals surface area contributed by atoms with E-state index in [-0.39, 0.29) is 11.6 Å². The molecular formula is C9H11N5O. The van der Waals surface area contributed by atoms with Gasteiger partial charge in [0.25, 0.3) is 0 Å². The minimum atomic E-state index is -0.333. The molecule has 0 bridgehead atoms. The van der Waals surface area contributed by atoms with E-state index in [1.807, 2.05) is 24.3 Å². The third-order valence-electron chi connectivity index (χ3n) is 1.52. The van der Waals surface area contributed by atoms with Gasteiger partial charge in [0.05, 0.1) is 5.52 Å². The summed E-state index contributed by atoms with van der Waals surface area (Å²) in [4.78, 5) is 16.9. The molecule has 0 saturated carbocycles. The van der Waals surface area contributed by atoms with E-state index in [4.69, 9.17) is 5.41 Å². The van der Waals surface area contributed by atoms with Crippen molar-refractivity contribution in [3.63, 3.8) is 0 Å². The Morgan fingerprint density at radius 3 is 2.60 bits per heavy atom. The molecule has 0 radical (unpaired) electrons. The molecule has 2 aromatic rings. The molecule has 1 heterocycles. The predicted octanol–water partition coefficient (Wildman–Crippen LogP) is -0.238. The molecule has 0 amide bonds. The first kappa shape index (κ1) is 10.7. The van der Waals surface area contributed by atoms with Gasteiger partial charge < -0.3 is 16.5 Å². The number of nitrogens with zero attached hydrogens (tertiary/aromatic N) is 1. The topological polar surface area (TPSA) is 122 Å². The molecule has 6 heteroatoms. The molecule has 6 nitrogen and oxygen atoms in total. The molecule has 1 aromatic carbocycles. The van der Waals surface area contributed by atoms with Gasteiger partial charge in [0.1, 0.15) is 0 Å². The number of aromatic nitrogens is 2. The van der Waals surface area contributed by atoms with E-state index >= 15 is 0 Å². The van der Waals surface area contributed by atoms with Gasteiger partial charge in [-0.05, 0) is 6.07 Å². The van der Waals surface area contributed by atoms with Crippen molar-refractivity contribution in [2.75, 3.05) is 0 Å². The first-order chi connectivity index (χ1) is 7.09. The van der Waals surface area contributed by atoms with E-state index < -0.39 is 0 Å². The van der Waals surface area contributed by atoms with Crippen molar-refractivity contribution in [2.24, 2.45) is 11.5 Å². The number of guanidine groups is 1. The Hall–Kier alpha value is -2.37. The van der Waals surface area contributed by atoms with E-state index in [0.29, 0.717) is 0 Å². The van der Waals surface area contributed by atoms with Crippen LogP contribution in [0.4, 0.5) is 0 Å². The van der Waals surface area contributed by atoms with Crippen molar-refractivity contribution < 1.29 is 0 Å². The first-order valence-electron chi connectivity index (χ1n) is 4.13. The van der Waals surface area contributed by atoms with Crippen molar-refractivity contribution in [2.45, 2.75) is 0 Å². The maximum absolute atomic E-state index is 10.7. The monoisotopic (exact) mass is 205 g/mol. The number of fused-ring (bicyclic) bond motifs is 1. The van der Waals surface area contributed by atoms with Gasteiger partial charge in [0, 0.05) is 11.6 Å². The van der Waals surface area contributed by atoms with Gasteiger partial charge in [0.2, 0.25) is 0 Å². The van der Waals surface area contributed by atoms with Crippen LogP contribution in [0.3, 0.4) is 0 Å². The van der Waals surface area contributed by atoms with Gasteiger partial charge in [-0.25, -0.2) is 9.78 Å². The average Bonchev–Trinajstić information content (AvgIpc) is 2.16. The fourth-order valence-electron chi connectivity index (χ4n) is 0.999. The molecule has 0 aliphatic rings. The van der Waals surface area contributed by atoms with Gasteiger partial charge in [-0.2, -0.15) is 0 Å². The van der Waals surface area contributed by atoms with E-state index in [1.54, 1.807) is 6.20 Å². The minimum absolute atomic E-state index is 0.302. The van der Waals surface area contributed by atoms with E-state index in [1.165, 1.54) is 0 Å². The molecule has 6 N–H and O–H groups in total. The molecule has 15 heavy (non-hydrogen) atoms. The molecule has 0 fully saturated rings. The lowest BCUT2D eigenvalue weighted by atomic mass is 10.2. The van der Waals surface area contributed by atoms with Crippen molar-refractivity contribution in [3.05, 3.63) is 40.9 Å². The lowest BCUT2D eigenvalue weighted by Crippen LogP contribution is -2.20. The van der Waals surface area contributed by atoms with Gasteiger partial charge in [-0.1, -0.05) is 18.2 Å². The number of hydrogen-bond acceptors (Lipinski definition) is 3. The maximum Gasteiger partial charge on any atom is 0.345 e. The van der Waals surface area contributed by atoms with Crippen molar-refractivity contribution in [1.29, 1.82) is 5.41 Å². The van der Waals surface area contributed by atoms with Crippen LogP contribution in [0.2, 0.25) is 0 Å². The first-order valence-corrected chi connectivity index (χ1v) is 4.13. The number of hydrogen-bond donors (Lipinski definition) is 4. The van der Waals surface area contributed by atoms with Crippen LogP contribution in [0, 0.1) is 5.41 Å². The predicted molar refractivity (Wildman–Crippen MR) is 58.5 cm³/mol. The highest BCUT2D eigenvalue weighted by molar-refractivity contribution is 5.76. The zero-order chi connectivity index (χ0) is 11.3. The fourth-order valence-corrected chi connectivity index (χ4v) is 0.999. The summed E-state index contributed by atoms with van der Waals surface area (Å²) in [5.74, 6) is -0.333. The molecule has 78 valence electrons. The number of nitrogens with one attached hydrogen (secondary N) is 2. The number of aromatic amines is 1. The van der Waals surface area contributed by atoms with Crippen LogP contribution in [0.1, 0.15) is 0 Å². The molecular weight excluding hydrogens is 194 g/mol. The summed E-state index contributed by atoms with van der Waals surface area (Å²) < 4.78 is 0. The number of benzene rings is 1. The van der Waals surface area contributed by atoms with Gasteiger partial charge in [-0.15, -0.1) is 0 Å². The van der Waals surface area contributed by atoms with Crippen LogP contribution >= 0.6 is 0 Å². The second kappa shape index (κ2) is 4.75. The number of rotatable bonds is 0. The summed E-state index contributed by atoms with van der Waals surface area (Å²) in [6.07, 6.45) is 1.56.